The summed E-state index contributed by atoms with van der Waals surface area (Å²) in [4.78, 5) is 0. The molecule has 156 valence electrons. The van der Waals surface area contributed by atoms with Crippen LogP contribution in [0.4, 0.5) is 4.39 Å². The normalized spacial score (nSPS) is 11.2. The summed E-state index contributed by atoms with van der Waals surface area (Å²) >= 11 is 0. The summed E-state index contributed by atoms with van der Waals surface area (Å²) in [6.45, 7) is 8.81. The lowest BCUT2D eigenvalue weighted by molar-refractivity contribution is 0.439. The molecule has 0 aromatic heterocycles. The first-order chi connectivity index (χ1) is 14.3. The second-order valence-electron chi connectivity index (χ2n) is 8.76. The van der Waals surface area contributed by atoms with E-state index in [1.165, 1.54) is 22.8 Å². The van der Waals surface area contributed by atoms with E-state index >= 15 is 0 Å². The van der Waals surface area contributed by atoms with Crippen LogP contribution in [0.1, 0.15) is 57.2 Å². The number of ether oxygens (including phenoxy) is 1. The van der Waals surface area contributed by atoms with E-state index in [-0.39, 0.29) is 17.0 Å². The van der Waals surface area contributed by atoms with Gasteiger partial charge in [0.2, 0.25) is 0 Å². The fraction of sp³-hybridized carbons (Fsp3) is 0.286. The van der Waals surface area contributed by atoms with E-state index in [1.54, 1.807) is 0 Å². The summed E-state index contributed by atoms with van der Waals surface area (Å²) in [5.74, 6) is 0.596. The highest BCUT2D eigenvalue weighted by Crippen LogP contribution is 2.31. The minimum atomic E-state index is -0.334. The Balaban J connectivity index is 1.61. The second kappa shape index (κ2) is 9.75. The molecule has 0 N–H and O–H groups in total. The zero-order valence-corrected chi connectivity index (χ0v) is 18.4. The first kappa shape index (κ1) is 21.8. The van der Waals surface area contributed by atoms with E-state index in [1.807, 2.05) is 42.5 Å². The van der Waals surface area contributed by atoms with Crippen molar-refractivity contribution in [3.63, 3.8) is 0 Å². The van der Waals surface area contributed by atoms with Gasteiger partial charge in [-0.25, -0.2) is 4.39 Å². The van der Waals surface area contributed by atoms with Crippen LogP contribution in [0.25, 0.3) is 6.08 Å². The topological polar surface area (TPSA) is 9.23 Å². The molecule has 0 spiro atoms. The van der Waals surface area contributed by atoms with Gasteiger partial charge in [-0.3, -0.25) is 0 Å². The molecule has 0 saturated carbocycles. The summed E-state index contributed by atoms with van der Waals surface area (Å²) in [6.07, 6.45) is 5.17. The Morgan fingerprint density at radius 2 is 1.63 bits per heavy atom. The van der Waals surface area contributed by atoms with E-state index in [0.29, 0.717) is 5.75 Å². The summed E-state index contributed by atoms with van der Waals surface area (Å²) in [6, 6.07) is 23.4. The third-order valence-corrected chi connectivity index (χ3v) is 5.38. The summed E-state index contributed by atoms with van der Waals surface area (Å²) < 4.78 is 19.9. The van der Waals surface area contributed by atoms with Crippen LogP contribution in [0.5, 0.6) is 11.5 Å². The number of para-hydroxylation sites is 1. The van der Waals surface area contributed by atoms with Gasteiger partial charge in [-0.2, -0.15) is 0 Å². The molecule has 0 heterocycles. The maximum Gasteiger partial charge on any atom is 0.165 e. The van der Waals surface area contributed by atoms with Crippen LogP contribution < -0.4 is 4.74 Å². The lowest BCUT2D eigenvalue weighted by Crippen LogP contribution is -2.17. The molecular weight excluding hydrogens is 371 g/mol. The Hall–Kier alpha value is -2.87. The standard InChI is InChI=1S/C28H31FO/c1-21(2)19-23-12-15-24(16-13-23)28(3,4)18-8-9-22-14-17-26(29)27(20-22)30-25-10-6-5-7-11-25/h5-7,10-17,19-20H,8-9,18H2,1-4H3. The molecule has 0 atom stereocenters. The van der Waals surface area contributed by atoms with Crippen molar-refractivity contribution in [3.8, 4) is 11.5 Å². The Morgan fingerprint density at radius 3 is 2.30 bits per heavy atom. The van der Waals surface area contributed by atoms with Crippen LogP contribution in [0, 0.1) is 5.82 Å². The zero-order valence-electron chi connectivity index (χ0n) is 18.4. The quantitative estimate of drug-likeness (QED) is 0.368. The zero-order chi connectivity index (χ0) is 21.6. The highest BCUT2D eigenvalue weighted by molar-refractivity contribution is 5.52. The molecule has 0 aliphatic rings. The molecule has 3 aromatic rings. The Morgan fingerprint density at radius 1 is 0.933 bits per heavy atom. The average molecular weight is 403 g/mol. The van der Waals surface area contributed by atoms with Crippen molar-refractivity contribution in [1.82, 2.24) is 0 Å². The van der Waals surface area contributed by atoms with Crippen molar-refractivity contribution < 1.29 is 9.13 Å². The Kier molecular flexibility index (Phi) is 7.10. The van der Waals surface area contributed by atoms with Crippen molar-refractivity contribution in [3.05, 3.63) is 101 Å². The summed E-state index contributed by atoms with van der Waals surface area (Å²) in [7, 11) is 0. The van der Waals surface area contributed by atoms with Gasteiger partial charge in [0, 0.05) is 0 Å². The minimum Gasteiger partial charge on any atom is -0.454 e. The van der Waals surface area contributed by atoms with Crippen LogP contribution in [0.2, 0.25) is 0 Å². The van der Waals surface area contributed by atoms with Gasteiger partial charge in [-0.15, -0.1) is 0 Å². The Labute approximate surface area is 180 Å². The first-order valence-corrected chi connectivity index (χ1v) is 10.6. The smallest absolute Gasteiger partial charge is 0.165 e. The monoisotopic (exact) mass is 402 g/mol. The number of aryl methyl sites for hydroxylation is 1. The molecule has 0 amide bonds. The second-order valence-corrected chi connectivity index (χ2v) is 8.76. The van der Waals surface area contributed by atoms with Gasteiger partial charge in [0.25, 0.3) is 0 Å². The van der Waals surface area contributed by atoms with E-state index in [9.17, 15) is 4.39 Å². The van der Waals surface area contributed by atoms with Crippen LogP contribution in [-0.4, -0.2) is 0 Å². The van der Waals surface area contributed by atoms with Gasteiger partial charge >= 0.3 is 0 Å². The van der Waals surface area contributed by atoms with Gasteiger partial charge in [0.1, 0.15) is 5.75 Å². The molecule has 30 heavy (non-hydrogen) atoms. The molecule has 0 fully saturated rings. The predicted octanol–water partition coefficient (Wildman–Crippen LogP) is 8.34. The molecular formula is C28H31FO. The van der Waals surface area contributed by atoms with Crippen LogP contribution >= 0.6 is 0 Å². The third kappa shape index (κ3) is 6.06. The lowest BCUT2D eigenvalue weighted by Gasteiger charge is -2.25. The largest absolute Gasteiger partial charge is 0.454 e. The molecule has 0 bridgehead atoms. The van der Waals surface area contributed by atoms with Gasteiger partial charge in [-0.1, -0.05) is 74.0 Å². The molecule has 0 radical (unpaired) electrons. The SMILES string of the molecule is CC(C)=Cc1ccc(C(C)(C)CCCc2ccc(F)c(Oc3ccccc3)c2)cc1. The number of hydrogen-bond donors (Lipinski definition) is 0. The maximum atomic E-state index is 14.2. The lowest BCUT2D eigenvalue weighted by atomic mass is 9.79. The first-order valence-electron chi connectivity index (χ1n) is 10.6. The number of allylic oxidation sites excluding steroid dienone is 1. The number of benzene rings is 3. The maximum absolute atomic E-state index is 14.2. The molecule has 0 aliphatic carbocycles. The van der Waals surface area contributed by atoms with E-state index in [0.717, 1.165) is 24.8 Å². The molecule has 3 aromatic carbocycles. The van der Waals surface area contributed by atoms with Gasteiger partial charge < -0.3 is 4.74 Å². The molecule has 0 unspecified atom stereocenters. The molecule has 0 saturated heterocycles. The number of hydrogen-bond acceptors (Lipinski definition) is 1. The number of rotatable bonds is 8. The summed E-state index contributed by atoms with van der Waals surface area (Å²) in [5.41, 5.74) is 5.08. The van der Waals surface area contributed by atoms with Gasteiger partial charge in [0.05, 0.1) is 0 Å². The molecule has 2 heteroatoms. The summed E-state index contributed by atoms with van der Waals surface area (Å²) in [5, 5.41) is 0. The van der Waals surface area contributed by atoms with E-state index in [4.69, 9.17) is 4.74 Å². The van der Waals surface area contributed by atoms with Crippen LogP contribution in [-0.2, 0) is 11.8 Å². The number of halogens is 1. The highest BCUT2D eigenvalue weighted by atomic mass is 19.1. The van der Waals surface area contributed by atoms with Gasteiger partial charge in [0.15, 0.2) is 11.6 Å². The average Bonchev–Trinajstić information content (AvgIpc) is 2.71. The molecule has 0 aliphatic heterocycles. The van der Waals surface area contributed by atoms with Crippen molar-refractivity contribution in [2.75, 3.05) is 0 Å². The predicted molar refractivity (Wildman–Crippen MR) is 125 cm³/mol. The van der Waals surface area contributed by atoms with Crippen molar-refractivity contribution >= 4 is 6.08 Å². The van der Waals surface area contributed by atoms with Gasteiger partial charge in [-0.05, 0) is 79.5 Å². The molecule has 3 rings (SSSR count). The van der Waals surface area contributed by atoms with E-state index in [2.05, 4.69) is 58.0 Å². The van der Waals surface area contributed by atoms with Crippen molar-refractivity contribution in [2.24, 2.45) is 0 Å². The third-order valence-electron chi connectivity index (χ3n) is 5.38. The van der Waals surface area contributed by atoms with Crippen molar-refractivity contribution in [2.45, 2.75) is 52.4 Å². The fourth-order valence-electron chi connectivity index (χ4n) is 3.64. The van der Waals surface area contributed by atoms with Crippen molar-refractivity contribution in [1.29, 1.82) is 0 Å². The fourth-order valence-corrected chi connectivity index (χ4v) is 3.64. The Bertz CT molecular complexity index is 981. The molecule has 1 nitrogen and oxygen atoms in total. The van der Waals surface area contributed by atoms with E-state index < -0.39 is 0 Å². The minimum absolute atomic E-state index is 0.0902. The highest BCUT2D eigenvalue weighted by Gasteiger charge is 2.20. The van der Waals surface area contributed by atoms with Crippen LogP contribution in [0.15, 0.2) is 78.4 Å². The van der Waals surface area contributed by atoms with Crippen LogP contribution in [0.3, 0.4) is 0 Å².